The number of furan rings is 1. The first-order valence-corrected chi connectivity index (χ1v) is 7.16. The lowest BCUT2D eigenvalue weighted by Crippen LogP contribution is -1.84. The van der Waals surface area contributed by atoms with Gasteiger partial charge in [-0.1, -0.05) is 48.9 Å². The third-order valence-corrected chi connectivity index (χ3v) is 3.24. The van der Waals surface area contributed by atoms with E-state index >= 15 is 0 Å². The Morgan fingerprint density at radius 2 is 1.74 bits per heavy atom. The minimum absolute atomic E-state index is 0.914. The average Bonchev–Trinajstić information content (AvgIpc) is 2.96. The molecule has 0 amide bonds. The summed E-state index contributed by atoms with van der Waals surface area (Å²) < 4.78 is 5.28. The Hall–Kier alpha value is -1.76. The molecule has 1 aromatic carbocycles. The second-order valence-electron chi connectivity index (χ2n) is 4.84. The predicted molar refractivity (Wildman–Crippen MR) is 80.2 cm³/mol. The molecule has 2 aromatic rings. The zero-order chi connectivity index (χ0) is 13.2. The molecule has 0 unspecified atom stereocenters. The Balaban J connectivity index is 1.49. The van der Waals surface area contributed by atoms with Crippen LogP contribution in [0.2, 0.25) is 0 Å². The van der Waals surface area contributed by atoms with E-state index in [-0.39, 0.29) is 0 Å². The highest BCUT2D eigenvalue weighted by Crippen LogP contribution is 2.08. The van der Waals surface area contributed by atoms with Crippen molar-refractivity contribution in [2.75, 3.05) is 0 Å². The number of aryl methyl sites for hydroxylation is 1. The van der Waals surface area contributed by atoms with Crippen LogP contribution in [-0.4, -0.2) is 0 Å². The van der Waals surface area contributed by atoms with Crippen LogP contribution in [0.1, 0.15) is 37.0 Å². The highest BCUT2D eigenvalue weighted by molar-refractivity contribution is 5.14. The molecule has 0 atom stereocenters. The van der Waals surface area contributed by atoms with Gasteiger partial charge in [0.15, 0.2) is 0 Å². The quantitative estimate of drug-likeness (QED) is 0.467. The van der Waals surface area contributed by atoms with Crippen LogP contribution >= 0.6 is 0 Å². The van der Waals surface area contributed by atoms with Crippen LogP contribution in [0.4, 0.5) is 0 Å². The maximum atomic E-state index is 5.28. The van der Waals surface area contributed by atoms with Crippen molar-refractivity contribution in [3.05, 3.63) is 72.2 Å². The lowest BCUT2D eigenvalue weighted by atomic mass is 10.1. The summed E-state index contributed by atoms with van der Waals surface area (Å²) in [6.45, 7) is 0. The van der Waals surface area contributed by atoms with E-state index in [1.807, 2.05) is 12.1 Å². The van der Waals surface area contributed by atoms with Crippen molar-refractivity contribution in [3.8, 4) is 0 Å². The Morgan fingerprint density at radius 3 is 2.53 bits per heavy atom. The number of hydrogen-bond donors (Lipinski definition) is 0. The lowest BCUT2D eigenvalue weighted by molar-refractivity contribution is 0.522. The fraction of sp³-hybridized carbons (Fsp3) is 0.333. The molecule has 0 saturated heterocycles. The Labute approximate surface area is 116 Å². The van der Waals surface area contributed by atoms with Crippen molar-refractivity contribution in [2.24, 2.45) is 0 Å². The summed E-state index contributed by atoms with van der Waals surface area (Å²) >= 11 is 0. The average molecular weight is 254 g/mol. The minimum atomic E-state index is 0.914. The van der Waals surface area contributed by atoms with Gasteiger partial charge >= 0.3 is 0 Å². The zero-order valence-electron chi connectivity index (χ0n) is 11.4. The summed E-state index contributed by atoms with van der Waals surface area (Å²) in [4.78, 5) is 0. The first-order chi connectivity index (χ1) is 9.45. The van der Waals surface area contributed by atoms with Crippen molar-refractivity contribution >= 4 is 0 Å². The van der Waals surface area contributed by atoms with E-state index < -0.39 is 0 Å². The third kappa shape index (κ3) is 5.60. The molecular weight excluding hydrogens is 232 g/mol. The van der Waals surface area contributed by atoms with Crippen LogP contribution < -0.4 is 0 Å². The number of allylic oxidation sites excluding steroid dienone is 2. The van der Waals surface area contributed by atoms with E-state index in [9.17, 15) is 0 Å². The van der Waals surface area contributed by atoms with Gasteiger partial charge in [-0.05, 0) is 43.4 Å². The number of rotatable bonds is 8. The normalized spacial score (nSPS) is 11.2. The molecule has 1 nitrogen and oxygen atoms in total. The van der Waals surface area contributed by atoms with E-state index in [1.165, 1.54) is 37.7 Å². The molecule has 0 bridgehead atoms. The Bertz CT molecular complexity index is 454. The summed E-state index contributed by atoms with van der Waals surface area (Å²) in [5.41, 5.74) is 1.45. The second kappa shape index (κ2) is 8.36. The molecule has 1 aromatic heterocycles. The monoisotopic (exact) mass is 254 g/mol. The lowest BCUT2D eigenvalue weighted by Gasteiger charge is -2.00. The van der Waals surface area contributed by atoms with E-state index in [2.05, 4.69) is 42.5 Å². The molecule has 19 heavy (non-hydrogen) atoms. The summed E-state index contributed by atoms with van der Waals surface area (Å²) in [7, 11) is 0. The molecule has 0 aliphatic heterocycles. The zero-order valence-corrected chi connectivity index (χ0v) is 11.4. The molecule has 0 aliphatic rings. The fourth-order valence-electron chi connectivity index (χ4n) is 2.16. The largest absolute Gasteiger partial charge is 0.469 e. The van der Waals surface area contributed by atoms with Gasteiger partial charge < -0.3 is 4.42 Å². The van der Waals surface area contributed by atoms with E-state index in [0.717, 1.165) is 12.2 Å². The van der Waals surface area contributed by atoms with Crippen LogP contribution in [0.3, 0.4) is 0 Å². The third-order valence-electron chi connectivity index (χ3n) is 3.24. The highest BCUT2D eigenvalue weighted by Gasteiger charge is 1.92. The van der Waals surface area contributed by atoms with E-state index in [1.54, 1.807) is 6.26 Å². The maximum absolute atomic E-state index is 5.28. The van der Waals surface area contributed by atoms with Crippen LogP contribution in [-0.2, 0) is 12.8 Å². The first-order valence-electron chi connectivity index (χ1n) is 7.16. The molecule has 0 N–H and O–H groups in total. The van der Waals surface area contributed by atoms with Crippen molar-refractivity contribution in [1.82, 2.24) is 0 Å². The van der Waals surface area contributed by atoms with Gasteiger partial charge in [0.1, 0.15) is 5.76 Å². The molecule has 2 rings (SSSR count). The fourth-order valence-corrected chi connectivity index (χ4v) is 2.16. The molecule has 0 fully saturated rings. The van der Waals surface area contributed by atoms with Gasteiger partial charge in [-0.2, -0.15) is 0 Å². The molecule has 0 saturated carbocycles. The first kappa shape index (κ1) is 13.7. The Kier molecular flexibility index (Phi) is 6.01. The van der Waals surface area contributed by atoms with Crippen LogP contribution in [0.25, 0.3) is 0 Å². The summed E-state index contributed by atoms with van der Waals surface area (Å²) in [6.07, 6.45) is 13.4. The van der Waals surface area contributed by atoms with Crippen molar-refractivity contribution in [1.29, 1.82) is 0 Å². The smallest absolute Gasteiger partial charge is 0.107 e. The van der Waals surface area contributed by atoms with Gasteiger partial charge in [0.2, 0.25) is 0 Å². The van der Waals surface area contributed by atoms with Gasteiger partial charge in [0.25, 0.3) is 0 Å². The van der Waals surface area contributed by atoms with Gasteiger partial charge in [0.05, 0.1) is 6.26 Å². The van der Waals surface area contributed by atoms with Gasteiger partial charge in [0, 0.05) is 6.42 Å². The molecule has 1 heterocycles. The van der Waals surface area contributed by atoms with Crippen LogP contribution in [0.5, 0.6) is 0 Å². The summed E-state index contributed by atoms with van der Waals surface area (Å²) in [5.74, 6) is 1.04. The predicted octanol–water partition coefficient (Wildman–Crippen LogP) is 5.18. The SMILES string of the molecule is C(=C\Cc1ccco1)/CCCCCc1ccccc1. The van der Waals surface area contributed by atoms with Gasteiger partial charge in [-0.15, -0.1) is 0 Å². The van der Waals surface area contributed by atoms with Crippen molar-refractivity contribution < 1.29 is 4.42 Å². The van der Waals surface area contributed by atoms with Gasteiger partial charge in [-0.25, -0.2) is 0 Å². The number of unbranched alkanes of at least 4 members (excludes halogenated alkanes) is 3. The highest BCUT2D eigenvalue weighted by atomic mass is 16.3. The maximum Gasteiger partial charge on any atom is 0.107 e. The number of benzene rings is 1. The van der Waals surface area contributed by atoms with Crippen LogP contribution in [0, 0.1) is 0 Å². The minimum Gasteiger partial charge on any atom is -0.469 e. The molecule has 100 valence electrons. The van der Waals surface area contributed by atoms with Crippen LogP contribution in [0.15, 0.2) is 65.3 Å². The molecule has 0 aliphatic carbocycles. The molecule has 0 spiro atoms. The molecule has 1 heteroatoms. The summed E-state index contributed by atoms with van der Waals surface area (Å²) in [6, 6.07) is 14.7. The van der Waals surface area contributed by atoms with Crippen molar-refractivity contribution in [2.45, 2.75) is 38.5 Å². The molecular formula is C18H22O. The number of hydrogen-bond acceptors (Lipinski definition) is 1. The van der Waals surface area contributed by atoms with E-state index in [0.29, 0.717) is 0 Å². The standard InChI is InChI=1S/C18H22O/c1(2-4-9-14-18-15-10-16-19-18)3-6-11-17-12-7-5-8-13-17/h4-5,7-10,12-13,15-16H,1-3,6,11,14H2/b9-4+. The Morgan fingerprint density at radius 1 is 0.842 bits per heavy atom. The summed E-state index contributed by atoms with van der Waals surface area (Å²) in [5, 5.41) is 0. The topological polar surface area (TPSA) is 13.1 Å². The second-order valence-corrected chi connectivity index (χ2v) is 4.84. The van der Waals surface area contributed by atoms with Crippen molar-refractivity contribution in [3.63, 3.8) is 0 Å². The molecule has 0 radical (unpaired) electrons. The van der Waals surface area contributed by atoms with E-state index in [4.69, 9.17) is 4.42 Å². The van der Waals surface area contributed by atoms with Gasteiger partial charge in [-0.3, -0.25) is 0 Å².